The highest BCUT2D eigenvalue weighted by Gasteiger charge is 2.12. The lowest BCUT2D eigenvalue weighted by Gasteiger charge is -2.09. The molecule has 0 bridgehead atoms. The van der Waals surface area contributed by atoms with Gasteiger partial charge < -0.3 is 10.1 Å². The quantitative estimate of drug-likeness (QED) is 0.645. The molecule has 1 aromatic heterocycles. The number of esters is 1. The number of ether oxygens (including phenoxy) is 1. The Morgan fingerprint density at radius 3 is 2.48 bits per heavy atom. The van der Waals surface area contributed by atoms with Crippen LogP contribution in [0.2, 0.25) is 10.0 Å². The van der Waals surface area contributed by atoms with Gasteiger partial charge >= 0.3 is 5.97 Å². The van der Waals surface area contributed by atoms with Crippen LogP contribution >= 0.6 is 23.2 Å². The summed E-state index contributed by atoms with van der Waals surface area (Å²) >= 11 is 11.8. The molecular formula is C19H15Cl2N3O3. The molecule has 0 unspecified atom stereocenters. The third-order valence-electron chi connectivity index (χ3n) is 3.72. The zero-order valence-corrected chi connectivity index (χ0v) is 15.8. The molecule has 0 atom stereocenters. The van der Waals surface area contributed by atoms with Crippen molar-refractivity contribution >= 4 is 40.8 Å². The van der Waals surface area contributed by atoms with Crippen molar-refractivity contribution < 1.29 is 14.3 Å². The van der Waals surface area contributed by atoms with Crippen LogP contribution in [-0.4, -0.2) is 28.3 Å². The lowest BCUT2D eigenvalue weighted by atomic mass is 10.2. The number of rotatable bonds is 5. The fraction of sp³-hybridized carbons (Fsp3) is 0.105. The van der Waals surface area contributed by atoms with Crippen LogP contribution in [0.3, 0.4) is 0 Å². The van der Waals surface area contributed by atoms with Crippen LogP contribution in [-0.2, 0) is 9.53 Å². The number of amides is 1. The normalized spacial score (nSPS) is 10.5. The molecule has 6 nitrogen and oxygen atoms in total. The van der Waals surface area contributed by atoms with Crippen LogP contribution in [0.25, 0.3) is 5.69 Å². The lowest BCUT2D eigenvalue weighted by molar-refractivity contribution is -0.119. The van der Waals surface area contributed by atoms with Crippen molar-refractivity contribution in [1.82, 2.24) is 9.78 Å². The highest BCUT2D eigenvalue weighted by atomic mass is 35.5. The van der Waals surface area contributed by atoms with Crippen LogP contribution < -0.4 is 5.32 Å². The maximum absolute atomic E-state index is 12.1. The summed E-state index contributed by atoms with van der Waals surface area (Å²) in [5, 5.41) is 7.52. The Morgan fingerprint density at radius 1 is 1.11 bits per heavy atom. The number of hydrogen-bond acceptors (Lipinski definition) is 4. The fourth-order valence-corrected chi connectivity index (χ4v) is 2.83. The zero-order chi connectivity index (χ0) is 19.4. The second-order valence-electron chi connectivity index (χ2n) is 5.68. The number of benzene rings is 2. The molecule has 8 heteroatoms. The van der Waals surface area contributed by atoms with Gasteiger partial charge in [-0.1, -0.05) is 23.2 Å². The maximum atomic E-state index is 12.1. The third-order valence-corrected chi connectivity index (χ3v) is 4.27. The number of anilines is 1. The second-order valence-corrected chi connectivity index (χ2v) is 6.52. The van der Waals surface area contributed by atoms with E-state index < -0.39 is 18.5 Å². The molecule has 0 aliphatic carbocycles. The van der Waals surface area contributed by atoms with Gasteiger partial charge in [-0.25, -0.2) is 9.48 Å². The molecule has 0 saturated carbocycles. The molecule has 0 aliphatic heterocycles. The van der Waals surface area contributed by atoms with Crippen molar-refractivity contribution in [2.45, 2.75) is 6.92 Å². The SMILES string of the molecule is Cc1ccnn1-c1ccc(C(=O)OCC(=O)Nc2ccc(Cl)cc2Cl)cc1. The van der Waals surface area contributed by atoms with Crippen molar-refractivity contribution in [3.8, 4) is 5.69 Å². The summed E-state index contributed by atoms with van der Waals surface area (Å²) in [5.74, 6) is -1.10. The zero-order valence-electron chi connectivity index (χ0n) is 14.3. The van der Waals surface area contributed by atoms with E-state index in [1.807, 2.05) is 13.0 Å². The first-order chi connectivity index (χ1) is 12.9. The van der Waals surface area contributed by atoms with Crippen molar-refractivity contribution in [3.05, 3.63) is 76.0 Å². The molecule has 0 radical (unpaired) electrons. The first-order valence-corrected chi connectivity index (χ1v) is 8.73. The molecule has 0 spiro atoms. The molecule has 3 aromatic rings. The van der Waals surface area contributed by atoms with Gasteiger partial charge in [0.15, 0.2) is 6.61 Å². The van der Waals surface area contributed by atoms with Gasteiger partial charge in [0.25, 0.3) is 5.91 Å². The minimum absolute atomic E-state index is 0.298. The Morgan fingerprint density at radius 2 is 1.85 bits per heavy atom. The molecule has 2 aromatic carbocycles. The molecule has 138 valence electrons. The summed E-state index contributed by atoms with van der Waals surface area (Å²) in [7, 11) is 0. The first kappa shape index (κ1) is 18.9. The topological polar surface area (TPSA) is 73.2 Å². The number of halogens is 2. The van der Waals surface area contributed by atoms with Crippen LogP contribution in [0.15, 0.2) is 54.7 Å². The highest BCUT2D eigenvalue weighted by molar-refractivity contribution is 6.36. The average molecular weight is 404 g/mol. The number of carbonyl (C=O) groups excluding carboxylic acids is 2. The van der Waals surface area contributed by atoms with Crippen molar-refractivity contribution in [2.75, 3.05) is 11.9 Å². The van der Waals surface area contributed by atoms with E-state index in [2.05, 4.69) is 10.4 Å². The largest absolute Gasteiger partial charge is 0.452 e. The van der Waals surface area contributed by atoms with E-state index in [0.29, 0.717) is 21.3 Å². The summed E-state index contributed by atoms with van der Waals surface area (Å²) in [4.78, 5) is 24.1. The molecule has 0 aliphatic rings. The molecule has 1 heterocycles. The van der Waals surface area contributed by atoms with E-state index in [1.54, 1.807) is 47.3 Å². The van der Waals surface area contributed by atoms with Crippen molar-refractivity contribution in [3.63, 3.8) is 0 Å². The van der Waals surface area contributed by atoms with Gasteiger partial charge in [-0.2, -0.15) is 5.10 Å². The standard InChI is InChI=1S/C19H15Cl2N3O3/c1-12-8-9-22-24(12)15-5-2-13(3-6-15)19(26)27-11-18(25)23-17-7-4-14(20)10-16(17)21/h2-10H,11H2,1H3,(H,23,25). The van der Waals surface area contributed by atoms with E-state index in [0.717, 1.165) is 11.4 Å². The van der Waals surface area contributed by atoms with Crippen molar-refractivity contribution in [2.24, 2.45) is 0 Å². The van der Waals surface area contributed by atoms with E-state index in [-0.39, 0.29) is 0 Å². The maximum Gasteiger partial charge on any atom is 0.338 e. The number of aromatic nitrogens is 2. The van der Waals surface area contributed by atoms with E-state index in [4.69, 9.17) is 27.9 Å². The summed E-state index contributed by atoms with van der Waals surface area (Å²) < 4.78 is 6.79. The summed E-state index contributed by atoms with van der Waals surface area (Å²) in [6, 6.07) is 13.3. The molecule has 0 fully saturated rings. The molecule has 1 N–H and O–H groups in total. The Hall–Kier alpha value is -2.83. The van der Waals surface area contributed by atoms with E-state index in [1.165, 1.54) is 6.07 Å². The Balaban J connectivity index is 1.57. The first-order valence-electron chi connectivity index (χ1n) is 7.97. The molecule has 3 rings (SSSR count). The number of nitrogens with zero attached hydrogens (tertiary/aromatic N) is 2. The highest BCUT2D eigenvalue weighted by Crippen LogP contribution is 2.25. The smallest absolute Gasteiger partial charge is 0.338 e. The van der Waals surface area contributed by atoms with Gasteiger partial charge in [-0.15, -0.1) is 0 Å². The van der Waals surface area contributed by atoms with Gasteiger partial charge in [0.2, 0.25) is 0 Å². The van der Waals surface area contributed by atoms with E-state index in [9.17, 15) is 9.59 Å². The minimum atomic E-state index is -0.601. The average Bonchev–Trinajstić information content (AvgIpc) is 3.08. The Labute approximate surface area is 165 Å². The van der Waals surface area contributed by atoms with E-state index >= 15 is 0 Å². The van der Waals surface area contributed by atoms with Crippen molar-refractivity contribution in [1.29, 1.82) is 0 Å². The number of aryl methyl sites for hydroxylation is 1. The van der Waals surface area contributed by atoms with Gasteiger partial charge in [-0.3, -0.25) is 4.79 Å². The van der Waals surface area contributed by atoms with Gasteiger partial charge in [0.05, 0.1) is 22.0 Å². The fourth-order valence-electron chi connectivity index (χ4n) is 2.37. The van der Waals surface area contributed by atoms with Crippen LogP contribution in [0.5, 0.6) is 0 Å². The predicted molar refractivity (Wildman–Crippen MR) is 104 cm³/mol. The van der Waals surface area contributed by atoms with Crippen LogP contribution in [0, 0.1) is 6.92 Å². The summed E-state index contributed by atoms with van der Waals surface area (Å²) in [6.07, 6.45) is 1.70. The number of carbonyl (C=O) groups is 2. The number of hydrogen-bond donors (Lipinski definition) is 1. The molecule has 27 heavy (non-hydrogen) atoms. The van der Waals surface area contributed by atoms with Crippen LogP contribution in [0.1, 0.15) is 16.1 Å². The predicted octanol–water partition coefficient (Wildman–Crippen LogP) is 4.28. The summed E-state index contributed by atoms with van der Waals surface area (Å²) in [6.45, 7) is 1.50. The minimum Gasteiger partial charge on any atom is -0.452 e. The van der Waals surface area contributed by atoms with Gasteiger partial charge in [-0.05, 0) is 55.5 Å². The summed E-state index contributed by atoms with van der Waals surface area (Å²) in [5.41, 5.74) is 2.52. The third kappa shape index (κ3) is 4.67. The molecule has 0 saturated heterocycles. The molecular weight excluding hydrogens is 389 g/mol. The number of nitrogens with one attached hydrogen (secondary N) is 1. The Kier molecular flexibility index (Phi) is 5.78. The van der Waals surface area contributed by atoms with Gasteiger partial charge in [0.1, 0.15) is 0 Å². The Bertz CT molecular complexity index is 984. The monoisotopic (exact) mass is 403 g/mol. The van der Waals surface area contributed by atoms with Crippen LogP contribution in [0.4, 0.5) is 5.69 Å². The molecule has 1 amide bonds. The second kappa shape index (κ2) is 8.24. The lowest BCUT2D eigenvalue weighted by Crippen LogP contribution is -2.21. The van der Waals surface area contributed by atoms with Gasteiger partial charge in [0, 0.05) is 16.9 Å².